The Bertz CT molecular complexity index is 46.5. The third kappa shape index (κ3) is 37.6. The van der Waals surface area contributed by atoms with Gasteiger partial charge < -0.3 is 19.7 Å². The minimum absolute atomic E-state index is 0. The first kappa shape index (κ1) is 15.7. The number of carbonyl (C=O) groups excluding carboxylic acids is 1. The summed E-state index contributed by atoms with van der Waals surface area (Å²) in [4.78, 5) is 9.03. The summed E-state index contributed by atoms with van der Waals surface area (Å²) in [6, 6.07) is 0. The molecule has 0 bridgehead atoms. The van der Waals surface area contributed by atoms with Gasteiger partial charge in [0.05, 0.1) is 0 Å². The van der Waals surface area contributed by atoms with E-state index in [2.05, 4.69) is 4.74 Å². The van der Waals surface area contributed by atoms with Crippen molar-refractivity contribution < 1.29 is 19.7 Å². The zero-order valence-electron chi connectivity index (χ0n) is 4.84. The number of carbonyl (C=O) groups is 1. The van der Waals surface area contributed by atoms with Gasteiger partial charge in [-0.15, -0.1) is 0 Å². The zero-order chi connectivity index (χ0) is 6.28. The van der Waals surface area contributed by atoms with Crippen molar-refractivity contribution in [2.75, 3.05) is 14.2 Å². The molecule has 0 fully saturated rings. The van der Waals surface area contributed by atoms with Gasteiger partial charge in [-0.1, -0.05) is 0 Å². The second-order valence-corrected chi connectivity index (χ2v) is 0.454. The van der Waals surface area contributed by atoms with Gasteiger partial charge in [0.2, 0.25) is 0 Å². The molecule has 5 heteroatoms. The summed E-state index contributed by atoms with van der Waals surface area (Å²) in [6.07, 6.45) is -1.50. The van der Waals surface area contributed by atoms with Crippen LogP contribution in [0.3, 0.4) is 0 Å². The molecule has 0 heterocycles. The van der Waals surface area contributed by atoms with Crippen LogP contribution in [-0.4, -0.2) is 43.4 Å². The Morgan fingerprint density at radius 2 is 1.62 bits per heavy atom. The van der Waals surface area contributed by atoms with E-state index in [4.69, 9.17) is 15.0 Å². The Morgan fingerprint density at radius 1 is 1.50 bits per heavy atom. The normalized spacial score (nSPS) is 4.88. The topological polar surface area (TPSA) is 72.4 Å². The third-order valence-corrected chi connectivity index (χ3v) is 0.167. The largest absolute Gasteiger partial charge is 2.00 e. The van der Waals surface area contributed by atoms with Crippen molar-refractivity contribution in [1.82, 2.24) is 0 Å². The fraction of sp³-hybridized carbons (Fsp3) is 0.667. The van der Waals surface area contributed by atoms with Crippen LogP contribution in [0.15, 0.2) is 0 Å². The summed E-state index contributed by atoms with van der Waals surface area (Å²) < 4.78 is 3.56. The van der Waals surface area contributed by atoms with E-state index >= 15 is 0 Å². The molecule has 0 aliphatic rings. The Balaban J connectivity index is -0.0000000750. The molecule has 0 aromatic rings. The molecule has 0 aromatic heterocycles. The summed E-state index contributed by atoms with van der Waals surface area (Å²) in [7, 11) is 1.79. The maximum absolute atomic E-state index is 9.03. The minimum atomic E-state index is -1.50. The number of hydrogen-bond donors (Lipinski definition) is 0. The molecule has 8 heavy (non-hydrogen) atoms. The summed E-state index contributed by atoms with van der Waals surface area (Å²) in [5.74, 6) is 0. The Labute approximate surface area is 63.6 Å². The first-order valence-electron chi connectivity index (χ1n) is 1.43. The molecule has 44 valence electrons. The average Bonchev–Trinajstić information content (AvgIpc) is 1.73. The molecule has 0 N–H and O–H groups in total. The fourth-order valence-electron chi connectivity index (χ4n) is 0. The van der Waals surface area contributed by atoms with Crippen LogP contribution in [0.1, 0.15) is 0 Å². The molecule has 0 rings (SSSR count). The first-order valence-corrected chi connectivity index (χ1v) is 1.43. The van der Waals surface area contributed by atoms with Crippen LogP contribution in [0.25, 0.3) is 0 Å². The molecule has 0 unspecified atom stereocenters. The van der Waals surface area contributed by atoms with Gasteiger partial charge in [-0.3, -0.25) is 0 Å². The van der Waals surface area contributed by atoms with Crippen molar-refractivity contribution >= 4 is 29.2 Å². The van der Waals surface area contributed by atoms with Gasteiger partial charge in [0, 0.05) is 7.11 Å². The molecule has 0 atom stereocenters. The summed E-state index contributed by atoms with van der Waals surface area (Å²) in [6.45, 7) is 0. The number of hydrogen-bond acceptors (Lipinski definition) is 4. The molecule has 4 nitrogen and oxygen atoms in total. The maximum atomic E-state index is 9.03. The predicted octanol–water partition coefficient (Wildman–Crippen LogP) is -2.43. The molecule has 0 saturated heterocycles. The van der Waals surface area contributed by atoms with Crippen LogP contribution in [0.2, 0.25) is 0 Å². The van der Waals surface area contributed by atoms with Crippen molar-refractivity contribution in [2.45, 2.75) is 0 Å². The third-order valence-electron chi connectivity index (χ3n) is 0.167. The SMILES string of the molecule is COC(=O)[O-].C[O-].[Mg+2]. The van der Waals surface area contributed by atoms with Gasteiger partial charge in [-0.25, -0.2) is 0 Å². The number of rotatable bonds is 0. The van der Waals surface area contributed by atoms with Crippen molar-refractivity contribution in [3.05, 3.63) is 0 Å². The van der Waals surface area contributed by atoms with E-state index in [0.29, 0.717) is 0 Å². The second kappa shape index (κ2) is 15.8. The Kier molecular flexibility index (Phi) is 30.9. The molecule has 0 amide bonds. The van der Waals surface area contributed by atoms with Crippen molar-refractivity contribution in [3.8, 4) is 0 Å². The minimum Gasteiger partial charge on any atom is -0.857 e. The van der Waals surface area contributed by atoms with E-state index in [-0.39, 0.29) is 23.1 Å². The summed E-state index contributed by atoms with van der Waals surface area (Å²) in [5.41, 5.74) is 0. The van der Waals surface area contributed by atoms with E-state index < -0.39 is 6.16 Å². The average molecular weight is 130 g/mol. The van der Waals surface area contributed by atoms with E-state index in [1.54, 1.807) is 0 Å². The van der Waals surface area contributed by atoms with Crippen molar-refractivity contribution in [2.24, 2.45) is 0 Å². The first-order chi connectivity index (χ1) is 3.27. The quantitative estimate of drug-likeness (QED) is 0.270. The maximum Gasteiger partial charge on any atom is 2.00 e. The van der Waals surface area contributed by atoms with Crippen LogP contribution >= 0.6 is 0 Å². The molecule has 0 spiro atoms. The molecule has 0 saturated carbocycles. The van der Waals surface area contributed by atoms with Gasteiger partial charge in [0.1, 0.15) is 0 Å². The van der Waals surface area contributed by atoms with Gasteiger partial charge in [-0.05, 0) is 0 Å². The van der Waals surface area contributed by atoms with Gasteiger partial charge in [0.25, 0.3) is 6.16 Å². The zero-order valence-corrected chi connectivity index (χ0v) is 6.25. The van der Waals surface area contributed by atoms with Crippen LogP contribution in [0.5, 0.6) is 0 Å². The molecular weight excluding hydrogens is 124 g/mol. The predicted molar refractivity (Wildman–Crippen MR) is 24.1 cm³/mol. The Morgan fingerprint density at radius 3 is 1.62 bits per heavy atom. The fourth-order valence-corrected chi connectivity index (χ4v) is 0. The van der Waals surface area contributed by atoms with Crippen LogP contribution in [0.4, 0.5) is 4.79 Å². The number of carboxylic acid groups (broad SMARTS) is 1. The van der Waals surface area contributed by atoms with Crippen molar-refractivity contribution in [3.63, 3.8) is 0 Å². The summed E-state index contributed by atoms with van der Waals surface area (Å²) in [5, 5.41) is 17.3. The molecule has 0 aromatic carbocycles. The van der Waals surface area contributed by atoms with Gasteiger partial charge >= 0.3 is 23.1 Å². The van der Waals surface area contributed by atoms with Crippen LogP contribution < -0.4 is 10.2 Å². The molecular formula is C3H6MgO4. The monoisotopic (exact) mass is 130 g/mol. The van der Waals surface area contributed by atoms with Crippen LogP contribution in [0, 0.1) is 0 Å². The number of methoxy groups -OCH3 is 1. The smallest absolute Gasteiger partial charge is 0.857 e. The van der Waals surface area contributed by atoms with Crippen LogP contribution in [-0.2, 0) is 4.74 Å². The van der Waals surface area contributed by atoms with E-state index in [1.165, 1.54) is 0 Å². The summed E-state index contributed by atoms with van der Waals surface area (Å²) >= 11 is 0. The Hall–Kier alpha value is -0.00377. The molecule has 0 aliphatic heterocycles. The standard InChI is InChI=1S/C2H4O3.CH3O.Mg/c1-5-2(3)4;1-2;/h1H3,(H,3,4);1H3;/q;-1;+2/p-1. The van der Waals surface area contributed by atoms with Gasteiger partial charge in [0.15, 0.2) is 0 Å². The van der Waals surface area contributed by atoms with Crippen molar-refractivity contribution in [1.29, 1.82) is 0 Å². The van der Waals surface area contributed by atoms with E-state index in [0.717, 1.165) is 14.2 Å². The van der Waals surface area contributed by atoms with Gasteiger partial charge in [-0.2, -0.15) is 7.11 Å². The molecule has 0 aliphatic carbocycles. The second-order valence-electron chi connectivity index (χ2n) is 0.454. The number of ether oxygens (including phenoxy) is 1. The van der Waals surface area contributed by atoms with E-state index in [9.17, 15) is 0 Å². The van der Waals surface area contributed by atoms with E-state index in [1.807, 2.05) is 0 Å². The molecule has 0 radical (unpaired) electrons.